The van der Waals surface area contributed by atoms with Crippen LogP contribution in [0.25, 0.3) is 10.6 Å². The Labute approximate surface area is 151 Å². The number of aryl methyl sites for hydroxylation is 2. The highest BCUT2D eigenvalue weighted by atomic mass is 32.1. The molecule has 0 saturated carbocycles. The van der Waals surface area contributed by atoms with Gasteiger partial charge in [0.05, 0.1) is 7.11 Å². The molecule has 0 bridgehead atoms. The number of carbonyl (C=O) groups is 1. The monoisotopic (exact) mass is 352 g/mol. The zero-order chi connectivity index (χ0) is 17.8. The predicted molar refractivity (Wildman–Crippen MR) is 103 cm³/mol. The number of hydrogen-bond donors (Lipinski definition) is 1. The van der Waals surface area contributed by atoms with E-state index in [1.54, 1.807) is 12.5 Å². The highest BCUT2D eigenvalue weighted by Gasteiger charge is 2.14. The summed E-state index contributed by atoms with van der Waals surface area (Å²) in [4.78, 5) is 17.1. The molecule has 0 saturated heterocycles. The molecule has 3 rings (SSSR count). The number of nitrogens with zero attached hydrogens (tertiary/aromatic N) is 1. The van der Waals surface area contributed by atoms with Crippen LogP contribution in [0.4, 0.5) is 5.69 Å². The number of methoxy groups -OCH3 is 1. The molecule has 1 aromatic heterocycles. The first-order valence-corrected chi connectivity index (χ1v) is 9.00. The largest absolute Gasteiger partial charge is 0.497 e. The van der Waals surface area contributed by atoms with Gasteiger partial charge >= 0.3 is 0 Å². The molecule has 128 valence electrons. The topological polar surface area (TPSA) is 51.2 Å². The van der Waals surface area contributed by atoms with Crippen molar-refractivity contribution in [2.45, 2.75) is 20.3 Å². The third kappa shape index (κ3) is 3.72. The summed E-state index contributed by atoms with van der Waals surface area (Å²) in [6, 6.07) is 13.7. The van der Waals surface area contributed by atoms with Crippen molar-refractivity contribution in [3.8, 4) is 16.3 Å². The Morgan fingerprint density at radius 2 is 1.96 bits per heavy atom. The molecule has 2 aromatic carbocycles. The molecule has 0 atom stereocenters. The van der Waals surface area contributed by atoms with Crippen LogP contribution in [0.3, 0.4) is 0 Å². The Morgan fingerprint density at radius 3 is 2.64 bits per heavy atom. The van der Waals surface area contributed by atoms with E-state index in [9.17, 15) is 4.79 Å². The molecular weight excluding hydrogens is 332 g/mol. The number of ether oxygens (including phenoxy) is 1. The Kier molecular flexibility index (Phi) is 5.14. The summed E-state index contributed by atoms with van der Waals surface area (Å²) in [5.74, 6) is 0.616. The van der Waals surface area contributed by atoms with Crippen LogP contribution < -0.4 is 10.1 Å². The molecule has 0 radical (unpaired) electrons. The number of benzene rings is 2. The van der Waals surface area contributed by atoms with Crippen LogP contribution >= 0.6 is 11.3 Å². The molecule has 0 aliphatic rings. The normalized spacial score (nSPS) is 10.5. The number of thiazole rings is 1. The van der Waals surface area contributed by atoms with Crippen molar-refractivity contribution < 1.29 is 9.53 Å². The average Bonchev–Trinajstić information content (AvgIpc) is 3.13. The molecule has 0 spiro atoms. The van der Waals surface area contributed by atoms with Crippen molar-refractivity contribution in [3.63, 3.8) is 0 Å². The first-order valence-electron chi connectivity index (χ1n) is 8.12. The highest BCUT2D eigenvalue weighted by molar-refractivity contribution is 7.13. The van der Waals surface area contributed by atoms with Gasteiger partial charge in [-0.2, -0.15) is 0 Å². The van der Waals surface area contributed by atoms with Gasteiger partial charge < -0.3 is 10.1 Å². The lowest BCUT2D eigenvalue weighted by atomic mass is 10.1. The number of anilines is 1. The van der Waals surface area contributed by atoms with Gasteiger partial charge in [-0.05, 0) is 48.7 Å². The number of carbonyl (C=O) groups excluding carboxylic acids is 1. The lowest BCUT2D eigenvalue weighted by Crippen LogP contribution is -2.14. The van der Waals surface area contributed by atoms with E-state index in [1.807, 2.05) is 49.4 Å². The molecule has 0 aliphatic carbocycles. The van der Waals surface area contributed by atoms with Gasteiger partial charge in [0, 0.05) is 16.6 Å². The van der Waals surface area contributed by atoms with Gasteiger partial charge in [0.1, 0.15) is 16.5 Å². The summed E-state index contributed by atoms with van der Waals surface area (Å²) in [6.45, 7) is 4.08. The van der Waals surface area contributed by atoms with Crippen LogP contribution in [0.15, 0.2) is 47.8 Å². The Bertz CT molecular complexity index is 885. The summed E-state index contributed by atoms with van der Waals surface area (Å²) >= 11 is 1.46. The molecular formula is C20H20N2O2S. The summed E-state index contributed by atoms with van der Waals surface area (Å²) in [6.07, 6.45) is 0.867. The minimum Gasteiger partial charge on any atom is -0.497 e. The van der Waals surface area contributed by atoms with Gasteiger partial charge in [0.25, 0.3) is 5.91 Å². The van der Waals surface area contributed by atoms with Crippen molar-refractivity contribution >= 4 is 22.9 Å². The van der Waals surface area contributed by atoms with Gasteiger partial charge in [-0.1, -0.05) is 25.1 Å². The Hall–Kier alpha value is -2.66. The maximum atomic E-state index is 12.6. The second kappa shape index (κ2) is 7.49. The number of rotatable bonds is 5. The van der Waals surface area contributed by atoms with Crippen molar-refractivity contribution in [2.24, 2.45) is 0 Å². The summed E-state index contributed by atoms with van der Waals surface area (Å²) in [5, 5.41) is 5.62. The number of nitrogens with one attached hydrogen (secondary N) is 1. The fraction of sp³-hybridized carbons (Fsp3) is 0.200. The van der Waals surface area contributed by atoms with Gasteiger partial charge in [-0.15, -0.1) is 11.3 Å². The lowest BCUT2D eigenvalue weighted by Gasteiger charge is -2.12. The van der Waals surface area contributed by atoms with Crippen LogP contribution in [-0.4, -0.2) is 18.0 Å². The predicted octanol–water partition coefficient (Wildman–Crippen LogP) is 4.94. The van der Waals surface area contributed by atoms with Crippen molar-refractivity contribution in [3.05, 3.63) is 64.7 Å². The molecule has 0 unspecified atom stereocenters. The van der Waals surface area contributed by atoms with E-state index in [1.165, 1.54) is 11.3 Å². The van der Waals surface area contributed by atoms with E-state index in [0.29, 0.717) is 5.69 Å². The Morgan fingerprint density at radius 1 is 1.20 bits per heavy atom. The van der Waals surface area contributed by atoms with Crippen molar-refractivity contribution in [1.29, 1.82) is 0 Å². The van der Waals surface area contributed by atoms with Crippen LogP contribution in [0.2, 0.25) is 0 Å². The molecule has 0 aliphatic heterocycles. The molecule has 1 N–H and O–H groups in total. The molecule has 25 heavy (non-hydrogen) atoms. The number of amides is 1. The van der Waals surface area contributed by atoms with Crippen LogP contribution in [0, 0.1) is 6.92 Å². The molecule has 1 heterocycles. The standard InChI is InChI=1S/C20H20N2O2S/c1-4-14-7-5-6-13(2)18(14)22-19(23)17-12-25-20(21-17)15-8-10-16(24-3)11-9-15/h5-12H,4H2,1-3H3,(H,22,23). The molecule has 1 amide bonds. The highest BCUT2D eigenvalue weighted by Crippen LogP contribution is 2.27. The number of aromatic nitrogens is 1. The second-order valence-corrected chi connectivity index (χ2v) is 6.54. The fourth-order valence-corrected chi connectivity index (χ4v) is 3.43. The van der Waals surface area contributed by atoms with E-state index >= 15 is 0 Å². The second-order valence-electron chi connectivity index (χ2n) is 5.68. The SMILES string of the molecule is CCc1cccc(C)c1NC(=O)c1csc(-c2ccc(OC)cc2)n1. The van der Waals surface area contributed by atoms with Crippen LogP contribution in [-0.2, 0) is 6.42 Å². The first-order chi connectivity index (χ1) is 12.1. The number of hydrogen-bond acceptors (Lipinski definition) is 4. The minimum absolute atomic E-state index is 0.181. The zero-order valence-electron chi connectivity index (χ0n) is 14.5. The fourth-order valence-electron chi connectivity index (χ4n) is 2.62. The van der Waals surface area contributed by atoms with E-state index in [0.717, 1.165) is 39.6 Å². The maximum Gasteiger partial charge on any atom is 0.275 e. The molecule has 5 heteroatoms. The summed E-state index contributed by atoms with van der Waals surface area (Å²) in [5.41, 5.74) is 4.46. The zero-order valence-corrected chi connectivity index (χ0v) is 15.3. The smallest absolute Gasteiger partial charge is 0.275 e. The van der Waals surface area contributed by atoms with E-state index in [4.69, 9.17) is 4.74 Å². The van der Waals surface area contributed by atoms with Crippen LogP contribution in [0.5, 0.6) is 5.75 Å². The van der Waals surface area contributed by atoms with E-state index < -0.39 is 0 Å². The average molecular weight is 352 g/mol. The number of para-hydroxylation sites is 1. The summed E-state index contributed by atoms with van der Waals surface area (Å²) in [7, 11) is 1.64. The maximum absolute atomic E-state index is 12.6. The lowest BCUT2D eigenvalue weighted by molar-refractivity contribution is 0.102. The molecule has 4 nitrogen and oxygen atoms in total. The van der Waals surface area contributed by atoms with E-state index in [-0.39, 0.29) is 5.91 Å². The Balaban J connectivity index is 1.81. The third-order valence-electron chi connectivity index (χ3n) is 4.05. The van der Waals surface area contributed by atoms with Crippen molar-refractivity contribution in [1.82, 2.24) is 4.98 Å². The third-order valence-corrected chi connectivity index (χ3v) is 4.94. The van der Waals surface area contributed by atoms with Gasteiger partial charge in [0.15, 0.2) is 0 Å². The van der Waals surface area contributed by atoms with Gasteiger partial charge in [-0.3, -0.25) is 4.79 Å². The molecule has 0 fully saturated rings. The van der Waals surface area contributed by atoms with Crippen molar-refractivity contribution in [2.75, 3.05) is 12.4 Å². The van der Waals surface area contributed by atoms with Gasteiger partial charge in [0.2, 0.25) is 0 Å². The van der Waals surface area contributed by atoms with Gasteiger partial charge in [-0.25, -0.2) is 4.98 Å². The minimum atomic E-state index is -0.181. The molecule has 3 aromatic rings. The summed E-state index contributed by atoms with van der Waals surface area (Å²) < 4.78 is 5.17. The quantitative estimate of drug-likeness (QED) is 0.707. The van der Waals surface area contributed by atoms with E-state index in [2.05, 4.69) is 17.2 Å². The van der Waals surface area contributed by atoms with Crippen LogP contribution in [0.1, 0.15) is 28.5 Å². The first kappa shape index (κ1) is 17.2.